The van der Waals surface area contributed by atoms with E-state index in [0.717, 1.165) is 5.56 Å². The predicted octanol–water partition coefficient (Wildman–Crippen LogP) is 2.08. The van der Waals surface area contributed by atoms with Crippen molar-refractivity contribution in [1.82, 2.24) is 5.32 Å². The van der Waals surface area contributed by atoms with Crippen molar-refractivity contribution in [3.63, 3.8) is 0 Å². The number of ether oxygens (including phenoxy) is 2. The summed E-state index contributed by atoms with van der Waals surface area (Å²) in [5, 5.41) is 3.22. The molecule has 2 aromatic rings. The Morgan fingerprint density at radius 2 is 1.66 bits per heavy atom. The molecule has 0 saturated carbocycles. The first-order chi connectivity index (χ1) is 13.9. The monoisotopic (exact) mass is 394 g/mol. The van der Waals surface area contributed by atoms with Crippen LogP contribution in [0, 0.1) is 11.8 Å². The van der Waals surface area contributed by atoms with Crippen LogP contribution < -0.4 is 15.0 Å². The van der Waals surface area contributed by atoms with Crippen LogP contribution in [0.4, 0.5) is 5.69 Å². The Morgan fingerprint density at radius 1 is 1.00 bits per heavy atom. The van der Waals surface area contributed by atoms with Crippen LogP contribution in [0.15, 0.2) is 54.6 Å². The molecule has 0 bridgehead atoms. The Kier molecular flexibility index (Phi) is 4.62. The second-order valence-corrected chi connectivity index (χ2v) is 7.44. The smallest absolute Gasteiger partial charge is 0.326 e. The first-order valence-electron chi connectivity index (χ1n) is 9.35. The van der Waals surface area contributed by atoms with Crippen molar-refractivity contribution >= 4 is 23.5 Å². The maximum Gasteiger partial charge on any atom is 0.326 e. The quantitative estimate of drug-likeness (QED) is 0.631. The van der Waals surface area contributed by atoms with Gasteiger partial charge in [-0.05, 0) is 36.8 Å². The molecule has 7 heteroatoms. The van der Waals surface area contributed by atoms with Gasteiger partial charge >= 0.3 is 5.97 Å². The van der Waals surface area contributed by atoms with E-state index in [4.69, 9.17) is 9.47 Å². The van der Waals surface area contributed by atoms with E-state index in [-0.39, 0.29) is 5.91 Å². The van der Waals surface area contributed by atoms with Gasteiger partial charge in [0.05, 0.1) is 31.7 Å². The number of methoxy groups -OCH3 is 2. The number of amides is 2. The number of rotatable bonds is 4. The number of carbonyl (C=O) groups excluding carboxylic acids is 3. The maximum atomic E-state index is 13.4. The molecule has 2 fully saturated rings. The molecule has 0 radical (unpaired) electrons. The molecule has 4 atom stereocenters. The normalized spacial score (nSPS) is 28.4. The molecule has 150 valence electrons. The number of esters is 1. The summed E-state index contributed by atoms with van der Waals surface area (Å²) in [7, 11) is 2.85. The molecular weight excluding hydrogens is 372 g/mol. The zero-order valence-corrected chi connectivity index (χ0v) is 16.4. The predicted molar refractivity (Wildman–Crippen MR) is 105 cm³/mol. The van der Waals surface area contributed by atoms with Crippen LogP contribution in [0.25, 0.3) is 0 Å². The van der Waals surface area contributed by atoms with Crippen molar-refractivity contribution in [3.8, 4) is 5.75 Å². The number of hydrogen-bond acceptors (Lipinski definition) is 6. The summed E-state index contributed by atoms with van der Waals surface area (Å²) in [5.41, 5.74) is -0.0256. The summed E-state index contributed by atoms with van der Waals surface area (Å²) in [5.74, 6) is -2.21. The van der Waals surface area contributed by atoms with Crippen molar-refractivity contribution in [2.45, 2.75) is 18.5 Å². The third kappa shape index (κ3) is 2.81. The second kappa shape index (κ2) is 7.00. The van der Waals surface area contributed by atoms with Gasteiger partial charge in [-0.1, -0.05) is 30.3 Å². The molecule has 2 aliphatic rings. The van der Waals surface area contributed by atoms with Crippen LogP contribution in [0.3, 0.4) is 0 Å². The van der Waals surface area contributed by atoms with Gasteiger partial charge in [-0.25, -0.2) is 4.90 Å². The van der Waals surface area contributed by atoms with E-state index in [1.807, 2.05) is 18.2 Å². The van der Waals surface area contributed by atoms with E-state index >= 15 is 0 Å². The van der Waals surface area contributed by atoms with Gasteiger partial charge < -0.3 is 9.47 Å². The number of para-hydroxylation sites is 1. The van der Waals surface area contributed by atoms with Gasteiger partial charge in [-0.2, -0.15) is 0 Å². The van der Waals surface area contributed by atoms with Gasteiger partial charge in [0.25, 0.3) is 0 Å². The lowest BCUT2D eigenvalue weighted by molar-refractivity contribution is -0.151. The van der Waals surface area contributed by atoms with Crippen LogP contribution in [0.1, 0.15) is 18.5 Å². The first-order valence-corrected chi connectivity index (χ1v) is 9.35. The maximum absolute atomic E-state index is 13.4. The van der Waals surface area contributed by atoms with Gasteiger partial charge in [-0.3, -0.25) is 19.7 Å². The van der Waals surface area contributed by atoms with Gasteiger partial charge in [-0.15, -0.1) is 0 Å². The van der Waals surface area contributed by atoms with E-state index in [1.54, 1.807) is 50.4 Å². The summed E-state index contributed by atoms with van der Waals surface area (Å²) in [6, 6.07) is 15.5. The van der Waals surface area contributed by atoms with Gasteiger partial charge in [0, 0.05) is 6.04 Å². The van der Waals surface area contributed by atoms with E-state index in [1.165, 1.54) is 12.0 Å². The summed E-state index contributed by atoms with van der Waals surface area (Å²) in [6.45, 7) is 1.62. The van der Waals surface area contributed by atoms with Crippen molar-refractivity contribution < 1.29 is 23.9 Å². The SMILES string of the molecule is COC(=O)[C@]1(C)N[C@H](c2ccc(OC)cc2)[C@@H]2C(=O)N(c3ccccc3)C(=O)[C@H]21. The third-order valence-electron chi connectivity index (χ3n) is 5.89. The van der Waals surface area contributed by atoms with Crippen molar-refractivity contribution in [2.75, 3.05) is 19.1 Å². The number of imide groups is 1. The van der Waals surface area contributed by atoms with Crippen LogP contribution >= 0.6 is 0 Å². The van der Waals surface area contributed by atoms with Crippen LogP contribution in [-0.2, 0) is 19.1 Å². The van der Waals surface area contributed by atoms with Crippen molar-refractivity contribution in [2.24, 2.45) is 11.8 Å². The van der Waals surface area contributed by atoms with E-state index < -0.39 is 35.3 Å². The number of carbonyl (C=O) groups is 3. The Balaban J connectivity index is 1.80. The largest absolute Gasteiger partial charge is 0.497 e. The molecular formula is C22H22N2O5. The molecule has 4 rings (SSSR count). The van der Waals surface area contributed by atoms with Gasteiger partial charge in [0.1, 0.15) is 11.3 Å². The highest BCUT2D eigenvalue weighted by Gasteiger charge is 2.67. The molecule has 29 heavy (non-hydrogen) atoms. The average Bonchev–Trinajstić information content (AvgIpc) is 3.22. The van der Waals surface area contributed by atoms with Crippen LogP contribution in [0.5, 0.6) is 5.75 Å². The summed E-state index contributed by atoms with van der Waals surface area (Å²) in [4.78, 5) is 40.6. The Hall–Kier alpha value is -3.19. The third-order valence-corrected chi connectivity index (χ3v) is 5.89. The molecule has 1 N–H and O–H groups in total. The zero-order chi connectivity index (χ0) is 20.8. The van der Waals surface area contributed by atoms with Crippen molar-refractivity contribution in [1.29, 1.82) is 0 Å². The minimum atomic E-state index is -1.32. The topological polar surface area (TPSA) is 84.9 Å². The molecule has 7 nitrogen and oxygen atoms in total. The highest BCUT2D eigenvalue weighted by atomic mass is 16.5. The number of hydrogen-bond donors (Lipinski definition) is 1. The summed E-state index contributed by atoms with van der Waals surface area (Å²) >= 11 is 0. The Labute approximate surface area is 168 Å². The first kappa shape index (κ1) is 19.1. The van der Waals surface area contributed by atoms with Gasteiger partial charge in [0.2, 0.25) is 11.8 Å². The number of benzene rings is 2. The van der Waals surface area contributed by atoms with E-state index in [0.29, 0.717) is 11.4 Å². The number of nitrogens with zero attached hydrogens (tertiary/aromatic N) is 1. The Morgan fingerprint density at radius 3 is 2.24 bits per heavy atom. The molecule has 2 heterocycles. The minimum Gasteiger partial charge on any atom is -0.497 e. The molecule has 2 aliphatic heterocycles. The number of anilines is 1. The van der Waals surface area contributed by atoms with E-state index in [9.17, 15) is 14.4 Å². The van der Waals surface area contributed by atoms with Crippen LogP contribution in [-0.4, -0.2) is 37.5 Å². The van der Waals surface area contributed by atoms with E-state index in [2.05, 4.69) is 5.32 Å². The summed E-state index contributed by atoms with van der Waals surface area (Å²) in [6.07, 6.45) is 0. The molecule has 0 aromatic heterocycles. The summed E-state index contributed by atoms with van der Waals surface area (Å²) < 4.78 is 10.2. The molecule has 2 saturated heterocycles. The lowest BCUT2D eigenvalue weighted by atomic mass is 9.80. The lowest BCUT2D eigenvalue weighted by Crippen LogP contribution is -2.54. The average molecular weight is 394 g/mol. The Bertz CT molecular complexity index is 959. The van der Waals surface area contributed by atoms with Crippen LogP contribution in [0.2, 0.25) is 0 Å². The fourth-order valence-electron chi connectivity index (χ4n) is 4.47. The fourth-order valence-corrected chi connectivity index (χ4v) is 4.47. The fraction of sp³-hybridized carbons (Fsp3) is 0.318. The highest BCUT2D eigenvalue weighted by molar-refractivity contribution is 6.24. The number of fused-ring (bicyclic) bond motifs is 1. The highest BCUT2D eigenvalue weighted by Crippen LogP contribution is 2.50. The molecule has 0 spiro atoms. The second-order valence-electron chi connectivity index (χ2n) is 7.44. The molecule has 0 aliphatic carbocycles. The standard InChI is InChI=1S/C22H22N2O5/c1-22(21(27)29-3)17-16(18(23-22)13-9-11-15(28-2)12-10-13)19(25)24(20(17)26)14-7-5-4-6-8-14/h4-12,16-18,23H,1-3H3/t16-,17+,18-,22-/m1/s1. The number of nitrogens with one attached hydrogen (secondary N) is 1. The van der Waals surface area contributed by atoms with Crippen molar-refractivity contribution in [3.05, 3.63) is 60.2 Å². The zero-order valence-electron chi connectivity index (χ0n) is 16.4. The minimum absolute atomic E-state index is 0.327. The molecule has 2 aromatic carbocycles. The lowest BCUT2D eigenvalue weighted by Gasteiger charge is -2.28. The van der Waals surface area contributed by atoms with Gasteiger partial charge in [0.15, 0.2) is 0 Å². The molecule has 2 amide bonds. The molecule has 0 unspecified atom stereocenters.